The number of amides is 1. The van der Waals surface area contributed by atoms with Crippen LogP contribution in [0.2, 0.25) is 0 Å². The van der Waals surface area contributed by atoms with Gasteiger partial charge in [0.05, 0.1) is 17.9 Å². The fourth-order valence-electron chi connectivity index (χ4n) is 2.93. The molecule has 0 atom stereocenters. The lowest BCUT2D eigenvalue weighted by atomic mass is 10.1. The average molecular weight is 378 g/mol. The van der Waals surface area contributed by atoms with Crippen molar-refractivity contribution in [3.8, 4) is 11.4 Å². The minimum atomic E-state index is -0.177. The van der Waals surface area contributed by atoms with Crippen molar-refractivity contribution in [2.45, 2.75) is 6.54 Å². The summed E-state index contributed by atoms with van der Waals surface area (Å²) >= 11 is 1.38. The maximum Gasteiger partial charge on any atom is 0.259 e. The zero-order valence-electron chi connectivity index (χ0n) is 14.8. The van der Waals surface area contributed by atoms with Gasteiger partial charge in [0, 0.05) is 42.3 Å². The fraction of sp³-hybridized carbons (Fsp3) is 0.150. The highest BCUT2D eigenvalue weighted by Gasteiger charge is 2.16. The predicted octanol–water partition coefficient (Wildman–Crippen LogP) is 4.06. The number of hydrogen-bond acceptors (Lipinski definition) is 5. The van der Waals surface area contributed by atoms with Gasteiger partial charge in [-0.05, 0) is 18.2 Å². The van der Waals surface area contributed by atoms with E-state index in [1.807, 2.05) is 58.6 Å². The first-order valence-electron chi connectivity index (χ1n) is 8.51. The number of para-hydroxylation sites is 1. The molecule has 0 saturated heterocycles. The molecule has 3 heterocycles. The predicted molar refractivity (Wildman–Crippen MR) is 107 cm³/mol. The standard InChI is InChI=1S/C20H18N4O2S/c1-26-11-10-24-12-15(14-6-2-3-8-18(14)24)19(25)23-20-22-17(13-27-20)16-7-4-5-9-21-16/h2-9,12-13H,10-11H2,1H3,(H,22,23,25). The van der Waals surface area contributed by atoms with E-state index < -0.39 is 0 Å². The Kier molecular flexibility index (Phi) is 4.95. The largest absolute Gasteiger partial charge is 0.383 e. The highest BCUT2D eigenvalue weighted by atomic mass is 32.1. The molecule has 6 nitrogen and oxygen atoms in total. The molecule has 27 heavy (non-hydrogen) atoms. The summed E-state index contributed by atoms with van der Waals surface area (Å²) in [4.78, 5) is 21.6. The van der Waals surface area contributed by atoms with Crippen LogP contribution in [-0.4, -0.2) is 34.2 Å². The van der Waals surface area contributed by atoms with Crippen molar-refractivity contribution >= 4 is 33.3 Å². The smallest absolute Gasteiger partial charge is 0.259 e. The summed E-state index contributed by atoms with van der Waals surface area (Å²) < 4.78 is 7.21. The second-order valence-electron chi connectivity index (χ2n) is 5.95. The van der Waals surface area contributed by atoms with E-state index in [0.29, 0.717) is 23.8 Å². The van der Waals surface area contributed by atoms with Gasteiger partial charge in [-0.1, -0.05) is 24.3 Å². The van der Waals surface area contributed by atoms with Crippen LogP contribution in [0.3, 0.4) is 0 Å². The number of fused-ring (bicyclic) bond motifs is 1. The van der Waals surface area contributed by atoms with Crippen LogP contribution in [-0.2, 0) is 11.3 Å². The summed E-state index contributed by atoms with van der Waals surface area (Å²) in [6.45, 7) is 1.27. The molecule has 136 valence electrons. The van der Waals surface area contributed by atoms with Gasteiger partial charge in [0.1, 0.15) is 5.69 Å². The summed E-state index contributed by atoms with van der Waals surface area (Å²) in [5, 5.41) is 6.25. The number of ether oxygens (including phenoxy) is 1. The number of methoxy groups -OCH3 is 1. The monoisotopic (exact) mass is 378 g/mol. The molecule has 1 aromatic carbocycles. The minimum absolute atomic E-state index is 0.177. The number of aromatic nitrogens is 3. The first kappa shape index (κ1) is 17.4. The van der Waals surface area contributed by atoms with Crippen molar-refractivity contribution in [2.75, 3.05) is 19.0 Å². The molecule has 0 spiro atoms. The van der Waals surface area contributed by atoms with E-state index in [0.717, 1.165) is 22.3 Å². The van der Waals surface area contributed by atoms with Gasteiger partial charge >= 0.3 is 0 Å². The molecule has 0 aliphatic carbocycles. The van der Waals surface area contributed by atoms with Crippen LogP contribution in [0.1, 0.15) is 10.4 Å². The highest BCUT2D eigenvalue weighted by molar-refractivity contribution is 7.14. The van der Waals surface area contributed by atoms with Crippen LogP contribution >= 0.6 is 11.3 Å². The van der Waals surface area contributed by atoms with Gasteiger partial charge in [-0.3, -0.25) is 15.1 Å². The summed E-state index contributed by atoms with van der Waals surface area (Å²) in [5.41, 5.74) is 3.16. The van der Waals surface area contributed by atoms with Crippen LogP contribution in [0.4, 0.5) is 5.13 Å². The lowest BCUT2D eigenvalue weighted by Gasteiger charge is -2.03. The molecule has 1 amide bonds. The molecule has 0 aliphatic heterocycles. The number of hydrogen-bond donors (Lipinski definition) is 1. The van der Waals surface area contributed by atoms with E-state index in [1.165, 1.54) is 11.3 Å². The van der Waals surface area contributed by atoms with Crippen LogP contribution in [0.25, 0.3) is 22.3 Å². The van der Waals surface area contributed by atoms with Gasteiger partial charge in [0.25, 0.3) is 5.91 Å². The Balaban J connectivity index is 1.59. The second kappa shape index (κ2) is 7.69. The Labute approximate surface area is 160 Å². The summed E-state index contributed by atoms with van der Waals surface area (Å²) in [6.07, 6.45) is 3.59. The van der Waals surface area contributed by atoms with Gasteiger partial charge in [0.2, 0.25) is 0 Å². The van der Waals surface area contributed by atoms with Gasteiger partial charge in [-0.15, -0.1) is 11.3 Å². The van der Waals surface area contributed by atoms with Crippen molar-refractivity contribution in [2.24, 2.45) is 0 Å². The number of pyridine rings is 1. The van der Waals surface area contributed by atoms with E-state index in [-0.39, 0.29) is 5.91 Å². The topological polar surface area (TPSA) is 69.0 Å². The lowest BCUT2D eigenvalue weighted by molar-refractivity contribution is 0.102. The Bertz CT molecular complexity index is 1070. The van der Waals surface area contributed by atoms with Crippen LogP contribution in [0.5, 0.6) is 0 Å². The van der Waals surface area contributed by atoms with E-state index in [1.54, 1.807) is 13.3 Å². The Morgan fingerprint density at radius 1 is 1.19 bits per heavy atom. The number of carbonyl (C=O) groups is 1. The Hall–Kier alpha value is -3.03. The molecule has 0 unspecified atom stereocenters. The SMILES string of the molecule is COCCn1cc(C(=O)Nc2nc(-c3ccccn3)cs2)c2ccccc21. The zero-order chi connectivity index (χ0) is 18.6. The quantitative estimate of drug-likeness (QED) is 0.549. The van der Waals surface area contributed by atoms with Crippen LogP contribution in [0.15, 0.2) is 60.2 Å². The van der Waals surface area contributed by atoms with Crippen molar-refractivity contribution in [3.63, 3.8) is 0 Å². The van der Waals surface area contributed by atoms with Gasteiger partial charge in [0.15, 0.2) is 5.13 Å². The number of rotatable bonds is 6. The first-order chi connectivity index (χ1) is 13.3. The average Bonchev–Trinajstić information content (AvgIpc) is 3.32. The van der Waals surface area contributed by atoms with E-state index >= 15 is 0 Å². The highest BCUT2D eigenvalue weighted by Crippen LogP contribution is 2.26. The number of thiazole rings is 1. The normalized spacial score (nSPS) is 11.0. The molecule has 0 radical (unpaired) electrons. The fourth-order valence-corrected chi connectivity index (χ4v) is 3.63. The van der Waals surface area contributed by atoms with Crippen LogP contribution in [0, 0.1) is 0 Å². The summed E-state index contributed by atoms with van der Waals surface area (Å²) in [6, 6.07) is 13.5. The van der Waals surface area contributed by atoms with Crippen molar-refractivity contribution < 1.29 is 9.53 Å². The van der Waals surface area contributed by atoms with Crippen molar-refractivity contribution in [1.29, 1.82) is 0 Å². The van der Waals surface area contributed by atoms with Crippen molar-refractivity contribution in [1.82, 2.24) is 14.5 Å². The van der Waals surface area contributed by atoms with Crippen molar-refractivity contribution in [3.05, 3.63) is 65.8 Å². The lowest BCUT2D eigenvalue weighted by Crippen LogP contribution is -2.11. The zero-order valence-corrected chi connectivity index (χ0v) is 15.6. The molecular weight excluding hydrogens is 360 g/mol. The minimum Gasteiger partial charge on any atom is -0.383 e. The first-order valence-corrected chi connectivity index (χ1v) is 9.39. The number of anilines is 1. The summed E-state index contributed by atoms with van der Waals surface area (Å²) in [7, 11) is 1.67. The Morgan fingerprint density at radius 3 is 2.85 bits per heavy atom. The van der Waals surface area contributed by atoms with E-state index in [9.17, 15) is 4.79 Å². The van der Waals surface area contributed by atoms with E-state index in [4.69, 9.17) is 4.74 Å². The maximum atomic E-state index is 12.9. The molecule has 0 saturated carbocycles. The molecule has 7 heteroatoms. The van der Waals surface area contributed by atoms with Gasteiger partial charge in [-0.2, -0.15) is 0 Å². The molecule has 4 aromatic rings. The number of benzene rings is 1. The molecule has 1 N–H and O–H groups in total. The number of nitrogens with one attached hydrogen (secondary N) is 1. The molecule has 3 aromatic heterocycles. The van der Waals surface area contributed by atoms with Gasteiger partial charge in [-0.25, -0.2) is 4.98 Å². The second-order valence-corrected chi connectivity index (χ2v) is 6.81. The molecular formula is C20H18N4O2S. The number of nitrogens with zero attached hydrogens (tertiary/aromatic N) is 3. The maximum absolute atomic E-state index is 12.9. The third-order valence-electron chi connectivity index (χ3n) is 4.22. The summed E-state index contributed by atoms with van der Waals surface area (Å²) in [5.74, 6) is -0.177. The van der Waals surface area contributed by atoms with Gasteiger partial charge < -0.3 is 9.30 Å². The van der Waals surface area contributed by atoms with E-state index in [2.05, 4.69) is 15.3 Å². The molecule has 0 fully saturated rings. The molecule has 0 bridgehead atoms. The number of carbonyl (C=O) groups excluding carboxylic acids is 1. The molecule has 4 rings (SSSR count). The van der Waals surface area contributed by atoms with Crippen LogP contribution < -0.4 is 5.32 Å². The molecule has 0 aliphatic rings. The Morgan fingerprint density at radius 2 is 2.04 bits per heavy atom. The third-order valence-corrected chi connectivity index (χ3v) is 4.98. The third kappa shape index (κ3) is 3.60.